The van der Waals surface area contributed by atoms with Crippen molar-refractivity contribution in [2.24, 2.45) is 0 Å². The molecule has 0 spiro atoms. The van der Waals surface area contributed by atoms with Gasteiger partial charge in [0.2, 0.25) is 0 Å². The van der Waals surface area contributed by atoms with Gasteiger partial charge in [0, 0.05) is 57.6 Å². The van der Waals surface area contributed by atoms with E-state index in [1.165, 1.54) is 0 Å². The van der Waals surface area contributed by atoms with Crippen molar-refractivity contribution in [1.82, 2.24) is 19.7 Å². The van der Waals surface area contributed by atoms with Crippen LogP contribution in [0.25, 0.3) is 43.5 Å². The fraction of sp³-hybridized carbons (Fsp3) is 0.190. The molecule has 0 amide bonds. The molecule has 5 aromatic heterocycles. The van der Waals surface area contributed by atoms with Crippen molar-refractivity contribution < 1.29 is 14.6 Å². The van der Waals surface area contributed by atoms with Gasteiger partial charge in [-0.05, 0) is 19.1 Å². The average Bonchev–Trinajstić information content (AvgIpc) is 3.45. The molecule has 0 aromatic carbocycles. The lowest BCUT2D eigenvalue weighted by molar-refractivity contribution is 0.0782. The summed E-state index contributed by atoms with van der Waals surface area (Å²) in [7, 11) is 0. The van der Waals surface area contributed by atoms with Crippen molar-refractivity contribution in [2.75, 3.05) is 12.3 Å². The number of aryl methyl sites for hydroxylation is 1. The first-order valence-electron chi connectivity index (χ1n) is 9.38. The van der Waals surface area contributed by atoms with E-state index in [0.29, 0.717) is 17.2 Å². The summed E-state index contributed by atoms with van der Waals surface area (Å²) < 4.78 is 8.84. The van der Waals surface area contributed by atoms with E-state index in [1.807, 2.05) is 36.8 Å². The largest absolute Gasteiger partial charge is 0.452 e. The Balaban J connectivity index is 1.65. The molecule has 0 saturated carbocycles. The molecule has 0 aliphatic rings. The molecule has 0 saturated heterocycles. The summed E-state index contributed by atoms with van der Waals surface area (Å²) in [5.41, 5.74) is 10.1. The number of nitrogens with zero attached hydrogens (tertiary/aromatic N) is 4. The monoisotopic (exact) mass is 421 g/mol. The Morgan fingerprint density at radius 3 is 2.93 bits per heavy atom. The molecular formula is C21H19N5O3S. The maximum absolute atomic E-state index is 9.73. The smallest absolute Gasteiger partial charge is 0.177 e. The van der Waals surface area contributed by atoms with Crippen LogP contribution in [0.4, 0.5) is 5.82 Å². The third-order valence-corrected chi connectivity index (χ3v) is 6.01. The third kappa shape index (κ3) is 3.04. The number of nitrogens with two attached hydrogens (primary N) is 1. The van der Waals surface area contributed by atoms with Crippen LogP contribution in [-0.4, -0.2) is 42.7 Å². The molecule has 4 N–H and O–H groups in total. The van der Waals surface area contributed by atoms with Crippen LogP contribution in [0.2, 0.25) is 0 Å². The van der Waals surface area contributed by atoms with Crippen LogP contribution in [0.1, 0.15) is 5.69 Å². The number of hydrogen-bond donors (Lipinski definition) is 3. The Labute approximate surface area is 175 Å². The lowest BCUT2D eigenvalue weighted by Gasteiger charge is -2.06. The van der Waals surface area contributed by atoms with Crippen LogP contribution < -0.4 is 5.73 Å². The highest BCUT2D eigenvalue weighted by molar-refractivity contribution is 7.17. The molecule has 30 heavy (non-hydrogen) atoms. The lowest BCUT2D eigenvalue weighted by atomic mass is 10.0. The number of aromatic nitrogens is 4. The highest BCUT2D eigenvalue weighted by Crippen LogP contribution is 2.40. The van der Waals surface area contributed by atoms with Gasteiger partial charge in [0.1, 0.15) is 5.76 Å². The highest BCUT2D eigenvalue weighted by Gasteiger charge is 2.19. The Morgan fingerprint density at radius 1 is 1.23 bits per heavy atom. The van der Waals surface area contributed by atoms with Gasteiger partial charge in [-0.15, -0.1) is 11.3 Å². The minimum atomic E-state index is -0.872. The minimum Gasteiger partial charge on any atom is -0.452 e. The first-order chi connectivity index (χ1) is 14.5. The van der Waals surface area contributed by atoms with Gasteiger partial charge in [-0.1, -0.05) is 0 Å². The first-order valence-corrected chi connectivity index (χ1v) is 10.3. The van der Waals surface area contributed by atoms with Crippen LogP contribution in [0.5, 0.6) is 0 Å². The predicted octanol–water partition coefficient (Wildman–Crippen LogP) is 3.21. The number of pyridine rings is 2. The van der Waals surface area contributed by atoms with Gasteiger partial charge >= 0.3 is 0 Å². The molecule has 0 aliphatic heterocycles. The zero-order chi connectivity index (χ0) is 20.8. The SMILES string of the molecule is Cc1nn(CC(O)CO)cc1-c1cnc(N)c2oc(-c3csc4cnccc34)cc12. The normalized spacial score (nSPS) is 12.8. The number of aliphatic hydroxyl groups is 2. The van der Waals surface area contributed by atoms with E-state index < -0.39 is 6.10 Å². The van der Waals surface area contributed by atoms with Crippen LogP contribution in [0, 0.1) is 6.92 Å². The zero-order valence-electron chi connectivity index (χ0n) is 16.1. The second-order valence-corrected chi connectivity index (χ2v) is 8.03. The van der Waals surface area contributed by atoms with Crippen molar-refractivity contribution in [1.29, 1.82) is 0 Å². The maximum Gasteiger partial charge on any atom is 0.177 e. The Hall–Kier alpha value is -3.27. The molecule has 5 rings (SSSR count). The highest BCUT2D eigenvalue weighted by atomic mass is 32.1. The number of aliphatic hydroxyl groups excluding tert-OH is 2. The van der Waals surface area contributed by atoms with Crippen molar-refractivity contribution >= 4 is 38.2 Å². The van der Waals surface area contributed by atoms with Crippen molar-refractivity contribution in [3.8, 4) is 22.5 Å². The summed E-state index contributed by atoms with van der Waals surface area (Å²) in [4.78, 5) is 8.49. The molecule has 1 unspecified atom stereocenters. The summed E-state index contributed by atoms with van der Waals surface area (Å²) >= 11 is 1.61. The molecule has 152 valence electrons. The maximum atomic E-state index is 9.73. The average molecular weight is 421 g/mol. The fourth-order valence-corrected chi connectivity index (χ4v) is 4.53. The van der Waals surface area contributed by atoms with Gasteiger partial charge < -0.3 is 20.4 Å². The van der Waals surface area contributed by atoms with E-state index in [2.05, 4.69) is 15.1 Å². The predicted molar refractivity (Wildman–Crippen MR) is 116 cm³/mol. The van der Waals surface area contributed by atoms with Crippen LogP contribution in [0.3, 0.4) is 0 Å². The molecule has 5 heterocycles. The van der Waals surface area contributed by atoms with E-state index in [4.69, 9.17) is 15.3 Å². The first kappa shape index (κ1) is 18.7. The van der Waals surface area contributed by atoms with E-state index in [0.717, 1.165) is 37.9 Å². The van der Waals surface area contributed by atoms with Crippen molar-refractivity contribution in [2.45, 2.75) is 19.6 Å². The standard InChI is InChI=1S/C21H19N5O3S/c1-11-16(8-26(25-11)7-12(28)9-27)15-5-24-21(22)20-14(15)4-18(29-20)17-10-30-19-6-23-3-2-13(17)19/h2-6,8,10,12,27-28H,7,9H2,1H3,(H2,22,24). The number of furan rings is 1. The Morgan fingerprint density at radius 2 is 2.10 bits per heavy atom. The van der Waals surface area contributed by atoms with Crippen molar-refractivity contribution in [3.05, 3.63) is 48.0 Å². The molecule has 9 heteroatoms. The molecule has 0 bridgehead atoms. The summed E-state index contributed by atoms with van der Waals surface area (Å²) in [6.45, 7) is 1.77. The van der Waals surface area contributed by atoms with E-state index in [-0.39, 0.29) is 13.2 Å². The summed E-state index contributed by atoms with van der Waals surface area (Å²) in [5, 5.41) is 27.2. The molecule has 0 radical (unpaired) electrons. The second kappa shape index (κ2) is 7.21. The van der Waals surface area contributed by atoms with Gasteiger partial charge in [0.05, 0.1) is 29.6 Å². The van der Waals surface area contributed by atoms with Gasteiger partial charge in [-0.25, -0.2) is 4.98 Å². The van der Waals surface area contributed by atoms with Crippen LogP contribution in [-0.2, 0) is 6.54 Å². The van der Waals surface area contributed by atoms with Gasteiger partial charge in [-0.2, -0.15) is 5.10 Å². The number of fused-ring (bicyclic) bond motifs is 2. The van der Waals surface area contributed by atoms with E-state index >= 15 is 0 Å². The second-order valence-electron chi connectivity index (χ2n) is 7.12. The quantitative estimate of drug-likeness (QED) is 0.398. The number of nitrogen functional groups attached to an aromatic ring is 1. The summed E-state index contributed by atoms with van der Waals surface area (Å²) in [5.74, 6) is 1.03. The minimum absolute atomic E-state index is 0.203. The van der Waals surface area contributed by atoms with Gasteiger partial charge in [0.15, 0.2) is 11.4 Å². The molecule has 5 aromatic rings. The Bertz CT molecular complexity index is 1370. The zero-order valence-corrected chi connectivity index (χ0v) is 16.9. The molecule has 8 nitrogen and oxygen atoms in total. The number of hydrogen-bond acceptors (Lipinski definition) is 8. The van der Waals surface area contributed by atoms with E-state index in [1.54, 1.807) is 28.4 Å². The molecule has 0 aliphatic carbocycles. The van der Waals surface area contributed by atoms with Crippen LogP contribution >= 0.6 is 11.3 Å². The lowest BCUT2D eigenvalue weighted by Crippen LogP contribution is -2.20. The van der Waals surface area contributed by atoms with Crippen molar-refractivity contribution in [3.63, 3.8) is 0 Å². The Kier molecular flexibility index (Phi) is 4.50. The number of thiophene rings is 1. The fourth-order valence-electron chi connectivity index (χ4n) is 3.61. The third-order valence-electron chi connectivity index (χ3n) is 5.08. The van der Waals surface area contributed by atoms with E-state index in [9.17, 15) is 5.11 Å². The number of anilines is 1. The summed E-state index contributed by atoms with van der Waals surface area (Å²) in [6.07, 6.45) is 6.28. The number of rotatable bonds is 5. The molecule has 1 atom stereocenters. The summed E-state index contributed by atoms with van der Waals surface area (Å²) in [6, 6.07) is 3.95. The van der Waals surface area contributed by atoms with Gasteiger partial charge in [-0.3, -0.25) is 9.67 Å². The molecular weight excluding hydrogens is 402 g/mol. The molecule has 0 fully saturated rings. The topological polar surface area (TPSA) is 123 Å². The van der Waals surface area contributed by atoms with Gasteiger partial charge in [0.25, 0.3) is 0 Å². The van der Waals surface area contributed by atoms with Crippen LogP contribution in [0.15, 0.2) is 46.7 Å².